The second-order valence-electron chi connectivity index (χ2n) is 4.09. The normalized spacial score (nSPS) is 10.7. The molecule has 18 heavy (non-hydrogen) atoms. The predicted octanol–water partition coefficient (Wildman–Crippen LogP) is 2.78. The smallest absolute Gasteiger partial charge is 0.159 e. The molecule has 0 aliphatic carbocycles. The second-order valence-corrected chi connectivity index (χ2v) is 4.88. The van der Waals surface area contributed by atoms with E-state index in [0.29, 0.717) is 0 Å². The van der Waals surface area contributed by atoms with Crippen LogP contribution >= 0.6 is 15.9 Å². The van der Waals surface area contributed by atoms with Crippen LogP contribution in [0.3, 0.4) is 0 Å². The Kier molecular flexibility index (Phi) is 3.65. The lowest BCUT2D eigenvalue weighted by atomic mass is 10.4. The number of aryl methyl sites for hydroxylation is 2. The van der Waals surface area contributed by atoms with Gasteiger partial charge in [0.15, 0.2) is 5.82 Å². The molecular formula is C12H16BrN5. The summed E-state index contributed by atoms with van der Waals surface area (Å²) in [6, 6.07) is 1.91. The van der Waals surface area contributed by atoms with E-state index in [4.69, 9.17) is 0 Å². The van der Waals surface area contributed by atoms with E-state index < -0.39 is 0 Å². The van der Waals surface area contributed by atoms with Gasteiger partial charge in [0.05, 0.1) is 15.9 Å². The van der Waals surface area contributed by atoms with Gasteiger partial charge in [0.2, 0.25) is 0 Å². The summed E-state index contributed by atoms with van der Waals surface area (Å²) in [5.41, 5.74) is 1.99. The maximum absolute atomic E-state index is 4.47. The highest BCUT2D eigenvalue weighted by molar-refractivity contribution is 9.10. The maximum Gasteiger partial charge on any atom is 0.159 e. The van der Waals surface area contributed by atoms with E-state index in [-0.39, 0.29) is 0 Å². The Hall–Kier alpha value is -1.43. The lowest BCUT2D eigenvalue weighted by molar-refractivity contribution is 0.793. The Bertz CT molecular complexity index is 576. The van der Waals surface area contributed by atoms with Crippen molar-refractivity contribution in [2.24, 2.45) is 0 Å². The number of halogens is 1. The highest BCUT2D eigenvalue weighted by Gasteiger charge is 2.12. The monoisotopic (exact) mass is 309 g/mol. The summed E-state index contributed by atoms with van der Waals surface area (Å²) < 4.78 is 2.85. The Morgan fingerprint density at radius 3 is 2.56 bits per heavy atom. The molecule has 2 rings (SSSR count). The SMILES string of the molecule is CCNc1cc(-n2nc(C)c(Br)c2C)nc(C)n1. The van der Waals surface area contributed by atoms with Gasteiger partial charge < -0.3 is 5.32 Å². The molecule has 0 atom stereocenters. The zero-order valence-electron chi connectivity index (χ0n) is 11.0. The standard InChI is InChI=1S/C12H16BrN5/c1-5-14-10-6-11(16-9(4)15-10)18-8(3)12(13)7(2)17-18/h6H,5H2,1-4H3,(H,14,15,16). The van der Waals surface area contributed by atoms with Crippen molar-refractivity contribution in [3.8, 4) is 5.82 Å². The minimum Gasteiger partial charge on any atom is -0.370 e. The van der Waals surface area contributed by atoms with Gasteiger partial charge >= 0.3 is 0 Å². The van der Waals surface area contributed by atoms with Crippen molar-refractivity contribution in [3.05, 3.63) is 27.8 Å². The van der Waals surface area contributed by atoms with E-state index in [0.717, 1.165) is 39.9 Å². The summed E-state index contributed by atoms with van der Waals surface area (Å²) in [5.74, 6) is 2.33. The van der Waals surface area contributed by atoms with Crippen molar-refractivity contribution in [1.82, 2.24) is 19.7 Å². The Morgan fingerprint density at radius 1 is 1.28 bits per heavy atom. The van der Waals surface area contributed by atoms with E-state index in [1.807, 2.05) is 38.4 Å². The van der Waals surface area contributed by atoms with Gasteiger partial charge in [0.25, 0.3) is 0 Å². The molecule has 0 saturated carbocycles. The molecule has 0 bridgehead atoms. The third-order valence-electron chi connectivity index (χ3n) is 2.60. The predicted molar refractivity (Wildman–Crippen MR) is 75.2 cm³/mol. The van der Waals surface area contributed by atoms with Crippen molar-refractivity contribution in [1.29, 1.82) is 0 Å². The van der Waals surface area contributed by atoms with Crippen LogP contribution in [0, 0.1) is 20.8 Å². The van der Waals surface area contributed by atoms with Crippen LogP contribution in [-0.2, 0) is 0 Å². The first kappa shape index (κ1) is 13.0. The van der Waals surface area contributed by atoms with Gasteiger partial charge in [-0.3, -0.25) is 0 Å². The van der Waals surface area contributed by atoms with Gasteiger partial charge in [-0.05, 0) is 43.6 Å². The first-order valence-electron chi connectivity index (χ1n) is 5.84. The lowest BCUT2D eigenvalue weighted by Crippen LogP contribution is -2.08. The van der Waals surface area contributed by atoms with E-state index in [9.17, 15) is 0 Å². The highest BCUT2D eigenvalue weighted by atomic mass is 79.9. The van der Waals surface area contributed by atoms with E-state index >= 15 is 0 Å². The van der Waals surface area contributed by atoms with Gasteiger partial charge in [-0.15, -0.1) is 0 Å². The molecule has 5 nitrogen and oxygen atoms in total. The molecule has 2 aromatic heterocycles. The molecule has 0 saturated heterocycles. The Labute approximate surface area is 115 Å². The molecule has 0 fully saturated rings. The summed E-state index contributed by atoms with van der Waals surface area (Å²) in [4.78, 5) is 8.76. The number of anilines is 1. The van der Waals surface area contributed by atoms with Crippen LogP contribution in [-0.4, -0.2) is 26.3 Å². The second kappa shape index (κ2) is 5.06. The van der Waals surface area contributed by atoms with Crippen LogP contribution in [0.15, 0.2) is 10.5 Å². The molecular weight excluding hydrogens is 294 g/mol. The average molecular weight is 310 g/mol. The minimum atomic E-state index is 0.729. The lowest BCUT2D eigenvalue weighted by Gasteiger charge is -2.08. The topological polar surface area (TPSA) is 55.6 Å². The molecule has 1 N–H and O–H groups in total. The largest absolute Gasteiger partial charge is 0.370 e. The third-order valence-corrected chi connectivity index (χ3v) is 3.75. The number of rotatable bonds is 3. The van der Waals surface area contributed by atoms with Crippen LogP contribution in [0.1, 0.15) is 24.1 Å². The van der Waals surface area contributed by atoms with E-state index in [1.54, 1.807) is 0 Å². The number of aromatic nitrogens is 4. The molecule has 0 radical (unpaired) electrons. The van der Waals surface area contributed by atoms with Gasteiger partial charge in [-0.25, -0.2) is 14.6 Å². The summed E-state index contributed by atoms with van der Waals surface area (Å²) in [6.07, 6.45) is 0. The molecule has 0 unspecified atom stereocenters. The van der Waals surface area contributed by atoms with Crippen molar-refractivity contribution in [2.75, 3.05) is 11.9 Å². The summed E-state index contributed by atoms with van der Waals surface area (Å²) in [7, 11) is 0. The summed E-state index contributed by atoms with van der Waals surface area (Å²) in [5, 5.41) is 7.67. The number of nitrogens with zero attached hydrogens (tertiary/aromatic N) is 4. The first-order chi connectivity index (χ1) is 8.52. The quantitative estimate of drug-likeness (QED) is 0.947. The molecule has 2 aromatic rings. The van der Waals surface area contributed by atoms with Crippen molar-refractivity contribution >= 4 is 21.7 Å². The van der Waals surface area contributed by atoms with Crippen molar-refractivity contribution < 1.29 is 0 Å². The zero-order chi connectivity index (χ0) is 13.3. The molecule has 0 spiro atoms. The zero-order valence-corrected chi connectivity index (χ0v) is 12.5. The maximum atomic E-state index is 4.47. The molecule has 0 amide bonds. The van der Waals surface area contributed by atoms with Crippen LogP contribution < -0.4 is 5.32 Å². The Morgan fingerprint density at radius 2 is 2.00 bits per heavy atom. The molecule has 0 aliphatic rings. The molecule has 6 heteroatoms. The average Bonchev–Trinajstić information content (AvgIpc) is 2.57. The molecule has 0 aliphatic heterocycles. The summed E-state index contributed by atoms with van der Waals surface area (Å²) >= 11 is 3.52. The molecule has 2 heterocycles. The van der Waals surface area contributed by atoms with E-state index in [1.165, 1.54) is 0 Å². The molecule has 96 valence electrons. The third kappa shape index (κ3) is 2.38. The van der Waals surface area contributed by atoms with Gasteiger partial charge in [0, 0.05) is 12.6 Å². The fraction of sp³-hybridized carbons (Fsp3) is 0.417. The van der Waals surface area contributed by atoms with Crippen LogP contribution in [0.5, 0.6) is 0 Å². The van der Waals surface area contributed by atoms with Crippen molar-refractivity contribution in [2.45, 2.75) is 27.7 Å². The van der Waals surface area contributed by atoms with Gasteiger partial charge in [-0.1, -0.05) is 0 Å². The number of nitrogens with one attached hydrogen (secondary N) is 1. The first-order valence-corrected chi connectivity index (χ1v) is 6.64. The van der Waals surface area contributed by atoms with E-state index in [2.05, 4.69) is 36.3 Å². The summed E-state index contributed by atoms with van der Waals surface area (Å²) in [6.45, 7) is 8.72. The van der Waals surface area contributed by atoms with Gasteiger partial charge in [-0.2, -0.15) is 5.10 Å². The fourth-order valence-corrected chi connectivity index (χ4v) is 2.03. The highest BCUT2D eigenvalue weighted by Crippen LogP contribution is 2.22. The van der Waals surface area contributed by atoms with Crippen LogP contribution in [0.4, 0.5) is 5.82 Å². The Balaban J connectivity index is 2.52. The fourth-order valence-electron chi connectivity index (χ4n) is 1.78. The van der Waals surface area contributed by atoms with Gasteiger partial charge in [0.1, 0.15) is 11.6 Å². The van der Waals surface area contributed by atoms with Crippen molar-refractivity contribution in [3.63, 3.8) is 0 Å². The number of hydrogen-bond acceptors (Lipinski definition) is 4. The minimum absolute atomic E-state index is 0.729. The number of hydrogen-bond donors (Lipinski definition) is 1. The van der Waals surface area contributed by atoms with Crippen LogP contribution in [0.2, 0.25) is 0 Å². The van der Waals surface area contributed by atoms with Crippen LogP contribution in [0.25, 0.3) is 5.82 Å². The molecule has 0 aromatic carbocycles.